The first-order valence-corrected chi connectivity index (χ1v) is 9.11. The fourth-order valence-corrected chi connectivity index (χ4v) is 4.07. The van der Waals surface area contributed by atoms with Gasteiger partial charge in [0.2, 0.25) is 11.8 Å². The van der Waals surface area contributed by atoms with E-state index >= 15 is 0 Å². The van der Waals surface area contributed by atoms with Crippen LogP contribution in [0, 0.1) is 5.41 Å². The monoisotopic (exact) mass is 362 g/mol. The molecule has 1 atom stereocenters. The Morgan fingerprint density at radius 2 is 1.96 bits per heavy atom. The first-order chi connectivity index (χ1) is 12.2. The first-order valence-electron chi connectivity index (χ1n) is 9.11. The quantitative estimate of drug-likeness (QED) is 0.810. The van der Waals surface area contributed by atoms with Gasteiger partial charge in [-0.1, -0.05) is 0 Å². The standard InChI is InChI=1S/C18H26N4O4/c1-12(2)22-7-4-5-18(16(22)25)6-8-21(11-18)14(23)9-13-10-19-17(26)20(3)15(13)24/h10,12H,4-9,11H2,1-3H3,(H,19,26)/t18-/m1/s1. The van der Waals surface area contributed by atoms with E-state index in [-0.39, 0.29) is 29.8 Å². The maximum absolute atomic E-state index is 12.9. The largest absolute Gasteiger partial charge is 0.341 e. The third kappa shape index (κ3) is 3.08. The van der Waals surface area contributed by atoms with Gasteiger partial charge in [-0.25, -0.2) is 4.79 Å². The highest BCUT2D eigenvalue weighted by Gasteiger charge is 2.49. The number of nitrogens with zero attached hydrogens (tertiary/aromatic N) is 3. The van der Waals surface area contributed by atoms with Crippen LogP contribution in [-0.2, 0) is 23.1 Å². The van der Waals surface area contributed by atoms with E-state index in [1.807, 2.05) is 18.7 Å². The molecule has 1 aromatic heterocycles. The Balaban J connectivity index is 1.73. The van der Waals surface area contributed by atoms with E-state index in [4.69, 9.17) is 0 Å². The van der Waals surface area contributed by atoms with Crippen molar-refractivity contribution in [2.75, 3.05) is 19.6 Å². The van der Waals surface area contributed by atoms with E-state index < -0.39 is 16.7 Å². The van der Waals surface area contributed by atoms with Gasteiger partial charge in [-0.3, -0.25) is 19.0 Å². The molecule has 2 aliphatic rings. The van der Waals surface area contributed by atoms with Gasteiger partial charge < -0.3 is 14.8 Å². The van der Waals surface area contributed by atoms with Crippen LogP contribution >= 0.6 is 0 Å². The Bertz CT molecular complexity index is 840. The number of aromatic nitrogens is 2. The minimum Gasteiger partial charge on any atom is -0.341 e. The van der Waals surface area contributed by atoms with Gasteiger partial charge in [0, 0.05) is 44.5 Å². The van der Waals surface area contributed by atoms with E-state index in [0.717, 1.165) is 24.0 Å². The number of piperidine rings is 1. The molecule has 1 spiro atoms. The second-order valence-corrected chi connectivity index (χ2v) is 7.70. The minimum atomic E-state index is -0.507. The number of aromatic amines is 1. The Kier molecular flexibility index (Phi) is 4.77. The van der Waals surface area contributed by atoms with Gasteiger partial charge in [-0.15, -0.1) is 0 Å². The summed E-state index contributed by atoms with van der Waals surface area (Å²) in [7, 11) is 1.38. The highest BCUT2D eigenvalue weighted by atomic mass is 16.2. The molecule has 2 fully saturated rings. The summed E-state index contributed by atoms with van der Waals surface area (Å²) >= 11 is 0. The second kappa shape index (κ2) is 6.74. The summed E-state index contributed by atoms with van der Waals surface area (Å²) < 4.78 is 0.958. The molecule has 2 saturated heterocycles. The van der Waals surface area contributed by atoms with E-state index in [9.17, 15) is 19.2 Å². The molecule has 142 valence electrons. The van der Waals surface area contributed by atoms with Gasteiger partial charge in [0.25, 0.3) is 5.56 Å². The third-order valence-corrected chi connectivity index (χ3v) is 5.69. The SMILES string of the molecule is CC(C)N1CCC[C@]2(CCN(C(=O)Cc3c[nH]c(=O)n(C)c3=O)C2)C1=O. The van der Waals surface area contributed by atoms with Crippen molar-refractivity contribution in [2.45, 2.75) is 45.6 Å². The van der Waals surface area contributed by atoms with Crippen molar-refractivity contribution in [3.63, 3.8) is 0 Å². The third-order valence-electron chi connectivity index (χ3n) is 5.69. The zero-order valence-corrected chi connectivity index (χ0v) is 15.6. The number of carbonyl (C=O) groups is 2. The molecule has 0 unspecified atom stereocenters. The van der Waals surface area contributed by atoms with Crippen LogP contribution in [0.1, 0.15) is 38.7 Å². The van der Waals surface area contributed by atoms with Crippen molar-refractivity contribution in [2.24, 2.45) is 12.5 Å². The number of carbonyl (C=O) groups excluding carboxylic acids is 2. The van der Waals surface area contributed by atoms with Gasteiger partial charge in [-0.2, -0.15) is 0 Å². The van der Waals surface area contributed by atoms with Gasteiger partial charge >= 0.3 is 5.69 Å². The van der Waals surface area contributed by atoms with Crippen molar-refractivity contribution >= 4 is 11.8 Å². The molecule has 0 saturated carbocycles. The number of rotatable bonds is 3. The number of likely N-dealkylation sites (tertiary alicyclic amines) is 2. The average Bonchev–Trinajstić information content (AvgIpc) is 3.03. The molecule has 2 aliphatic heterocycles. The lowest BCUT2D eigenvalue weighted by Gasteiger charge is -2.41. The summed E-state index contributed by atoms with van der Waals surface area (Å²) in [6.07, 6.45) is 3.67. The van der Waals surface area contributed by atoms with Crippen LogP contribution in [0.15, 0.2) is 15.8 Å². The molecule has 3 rings (SSSR count). The van der Waals surface area contributed by atoms with E-state index in [2.05, 4.69) is 4.98 Å². The lowest BCUT2D eigenvalue weighted by molar-refractivity contribution is -0.148. The summed E-state index contributed by atoms with van der Waals surface area (Å²) in [5.74, 6) is -0.0329. The topological polar surface area (TPSA) is 95.5 Å². The molecule has 8 heteroatoms. The molecule has 0 radical (unpaired) electrons. The molecule has 0 bridgehead atoms. The van der Waals surface area contributed by atoms with E-state index in [0.29, 0.717) is 19.5 Å². The van der Waals surface area contributed by atoms with Crippen LogP contribution in [-0.4, -0.2) is 56.8 Å². The Morgan fingerprint density at radius 3 is 2.65 bits per heavy atom. The molecule has 26 heavy (non-hydrogen) atoms. The Morgan fingerprint density at radius 1 is 1.23 bits per heavy atom. The van der Waals surface area contributed by atoms with Gasteiger partial charge in [0.15, 0.2) is 0 Å². The molecule has 0 aromatic carbocycles. The number of hydrogen-bond donors (Lipinski definition) is 1. The summed E-state index contributed by atoms with van der Waals surface area (Å²) in [6, 6.07) is 0.161. The van der Waals surface area contributed by atoms with Crippen LogP contribution in [0.2, 0.25) is 0 Å². The zero-order chi connectivity index (χ0) is 19.1. The lowest BCUT2D eigenvalue weighted by atomic mass is 9.78. The second-order valence-electron chi connectivity index (χ2n) is 7.70. The fourth-order valence-electron chi connectivity index (χ4n) is 4.07. The molecular weight excluding hydrogens is 336 g/mol. The van der Waals surface area contributed by atoms with Crippen LogP contribution < -0.4 is 11.2 Å². The maximum Gasteiger partial charge on any atom is 0.328 e. The van der Waals surface area contributed by atoms with Crippen molar-refractivity contribution in [3.05, 3.63) is 32.6 Å². The Hall–Kier alpha value is -2.38. The van der Waals surface area contributed by atoms with Crippen molar-refractivity contribution in [3.8, 4) is 0 Å². The predicted molar refractivity (Wildman–Crippen MR) is 95.7 cm³/mol. The minimum absolute atomic E-state index is 0.0678. The number of amides is 2. The van der Waals surface area contributed by atoms with Gasteiger partial charge in [-0.05, 0) is 33.1 Å². The van der Waals surface area contributed by atoms with E-state index in [1.54, 1.807) is 4.90 Å². The molecule has 1 N–H and O–H groups in total. The Labute approximate surface area is 151 Å². The molecular formula is C18H26N4O4. The lowest BCUT2D eigenvalue weighted by Crippen LogP contribution is -2.52. The van der Waals surface area contributed by atoms with Crippen LogP contribution in [0.25, 0.3) is 0 Å². The molecule has 0 aliphatic carbocycles. The van der Waals surface area contributed by atoms with Crippen LogP contribution in [0.4, 0.5) is 0 Å². The first kappa shape index (κ1) is 18.4. The average molecular weight is 362 g/mol. The van der Waals surface area contributed by atoms with Crippen LogP contribution in [0.5, 0.6) is 0 Å². The summed E-state index contributed by atoms with van der Waals surface area (Å²) in [4.78, 5) is 55.2. The predicted octanol–water partition coefficient (Wildman–Crippen LogP) is -0.134. The van der Waals surface area contributed by atoms with Crippen molar-refractivity contribution in [1.82, 2.24) is 19.4 Å². The molecule has 8 nitrogen and oxygen atoms in total. The normalized spacial score (nSPS) is 23.3. The summed E-state index contributed by atoms with van der Waals surface area (Å²) in [5.41, 5.74) is -1.19. The zero-order valence-electron chi connectivity index (χ0n) is 15.6. The molecule has 3 heterocycles. The fraction of sp³-hybridized carbons (Fsp3) is 0.667. The molecule has 1 aromatic rings. The smallest absolute Gasteiger partial charge is 0.328 e. The van der Waals surface area contributed by atoms with Gasteiger partial charge in [0.1, 0.15) is 0 Å². The van der Waals surface area contributed by atoms with Crippen molar-refractivity contribution < 1.29 is 9.59 Å². The summed E-state index contributed by atoms with van der Waals surface area (Å²) in [5, 5.41) is 0. The maximum atomic E-state index is 12.9. The van der Waals surface area contributed by atoms with Crippen LogP contribution in [0.3, 0.4) is 0 Å². The summed E-state index contributed by atoms with van der Waals surface area (Å²) in [6.45, 7) is 5.75. The van der Waals surface area contributed by atoms with E-state index in [1.165, 1.54) is 13.2 Å². The van der Waals surface area contributed by atoms with Gasteiger partial charge in [0.05, 0.1) is 11.8 Å². The molecule has 2 amide bonds. The highest BCUT2D eigenvalue weighted by Crippen LogP contribution is 2.40. The number of nitrogens with one attached hydrogen (secondary N) is 1. The number of hydrogen-bond acceptors (Lipinski definition) is 4. The number of H-pyrrole nitrogens is 1. The van der Waals surface area contributed by atoms with Crippen molar-refractivity contribution in [1.29, 1.82) is 0 Å². The highest BCUT2D eigenvalue weighted by molar-refractivity contribution is 5.86.